The Labute approximate surface area is 159 Å². The average molecular weight is 378 g/mol. The summed E-state index contributed by atoms with van der Waals surface area (Å²) in [6.45, 7) is 3.43. The van der Waals surface area contributed by atoms with Crippen LogP contribution >= 0.6 is 0 Å². The lowest BCUT2D eigenvalue weighted by molar-refractivity contribution is 0.102. The van der Waals surface area contributed by atoms with Crippen LogP contribution in [0.5, 0.6) is 0 Å². The molecule has 0 aliphatic rings. The number of aromatic nitrogens is 5. The van der Waals surface area contributed by atoms with Gasteiger partial charge in [0.25, 0.3) is 11.8 Å². The molecule has 4 rings (SSSR count). The molecule has 0 saturated carbocycles. The number of carbonyl (C=O) groups is 1. The Bertz CT molecular complexity index is 1170. The lowest BCUT2D eigenvalue weighted by Gasteiger charge is -2.07. The van der Waals surface area contributed by atoms with Crippen LogP contribution < -0.4 is 5.32 Å². The predicted octanol–water partition coefficient (Wildman–Crippen LogP) is 3.33. The van der Waals surface area contributed by atoms with Crippen LogP contribution in [0.3, 0.4) is 0 Å². The summed E-state index contributed by atoms with van der Waals surface area (Å²) >= 11 is 0. The van der Waals surface area contributed by atoms with Crippen molar-refractivity contribution in [3.8, 4) is 17.3 Å². The molecule has 0 bridgehead atoms. The number of amides is 1. The first-order valence-corrected chi connectivity index (χ1v) is 8.39. The van der Waals surface area contributed by atoms with Gasteiger partial charge in [0.2, 0.25) is 0 Å². The van der Waals surface area contributed by atoms with Gasteiger partial charge in [0, 0.05) is 18.1 Å². The van der Waals surface area contributed by atoms with Gasteiger partial charge >= 0.3 is 0 Å². The van der Waals surface area contributed by atoms with Gasteiger partial charge in [0.15, 0.2) is 11.6 Å². The fourth-order valence-electron chi connectivity index (χ4n) is 2.69. The molecule has 0 aliphatic heterocycles. The van der Waals surface area contributed by atoms with Crippen LogP contribution in [-0.4, -0.2) is 30.6 Å². The van der Waals surface area contributed by atoms with Crippen molar-refractivity contribution >= 4 is 11.6 Å². The number of carbonyl (C=O) groups excluding carboxylic acids is 1. The molecule has 0 fully saturated rings. The Morgan fingerprint density at radius 2 is 2.07 bits per heavy atom. The van der Waals surface area contributed by atoms with E-state index >= 15 is 0 Å². The molecule has 0 atom stereocenters. The van der Waals surface area contributed by atoms with Gasteiger partial charge in [0.05, 0.1) is 5.56 Å². The van der Waals surface area contributed by atoms with Crippen molar-refractivity contribution in [1.82, 2.24) is 24.7 Å². The van der Waals surface area contributed by atoms with Crippen molar-refractivity contribution in [1.29, 1.82) is 0 Å². The highest BCUT2D eigenvalue weighted by Gasteiger charge is 2.17. The van der Waals surface area contributed by atoms with E-state index in [2.05, 4.69) is 25.4 Å². The van der Waals surface area contributed by atoms with E-state index in [4.69, 9.17) is 4.52 Å². The van der Waals surface area contributed by atoms with E-state index in [9.17, 15) is 9.18 Å². The molecule has 1 N–H and O–H groups in total. The number of benzene rings is 1. The summed E-state index contributed by atoms with van der Waals surface area (Å²) in [5.41, 5.74) is 1.93. The SMILES string of the molecule is Cc1noc(-c2cccnc2-n2cnc(C(=O)Nc3ccc(F)cc3C)c2)n1. The first kappa shape index (κ1) is 17.5. The zero-order valence-corrected chi connectivity index (χ0v) is 15.0. The van der Waals surface area contributed by atoms with Crippen LogP contribution in [0.1, 0.15) is 21.9 Å². The topological polar surface area (TPSA) is 98.7 Å². The first-order chi connectivity index (χ1) is 13.5. The number of nitrogens with one attached hydrogen (secondary N) is 1. The molecule has 9 heteroatoms. The number of imidazole rings is 1. The van der Waals surface area contributed by atoms with Crippen molar-refractivity contribution in [2.75, 3.05) is 5.32 Å². The van der Waals surface area contributed by atoms with Crippen LogP contribution in [0.4, 0.5) is 10.1 Å². The van der Waals surface area contributed by atoms with Crippen molar-refractivity contribution in [3.05, 3.63) is 72.0 Å². The van der Waals surface area contributed by atoms with Crippen LogP contribution in [-0.2, 0) is 0 Å². The number of nitrogens with zero attached hydrogens (tertiary/aromatic N) is 5. The summed E-state index contributed by atoms with van der Waals surface area (Å²) < 4.78 is 20.0. The number of aryl methyl sites for hydroxylation is 2. The van der Waals surface area contributed by atoms with Crippen molar-refractivity contribution in [2.45, 2.75) is 13.8 Å². The van der Waals surface area contributed by atoms with Crippen molar-refractivity contribution in [3.63, 3.8) is 0 Å². The Hall–Kier alpha value is -3.88. The molecular formula is C19H15FN6O2. The van der Waals surface area contributed by atoms with Gasteiger partial charge in [-0.2, -0.15) is 4.98 Å². The molecule has 1 amide bonds. The van der Waals surface area contributed by atoms with Crippen LogP contribution in [0, 0.1) is 19.7 Å². The standard InChI is InChI=1S/C19H15FN6O2/c1-11-8-13(20)5-6-15(11)24-18(27)16-9-26(10-22-16)17-14(4-3-7-21-17)19-23-12(2)25-28-19/h3-10H,1-2H3,(H,24,27). The molecule has 0 saturated heterocycles. The predicted molar refractivity (Wildman–Crippen MR) is 98.5 cm³/mol. The van der Waals surface area contributed by atoms with Crippen LogP contribution in [0.15, 0.2) is 53.6 Å². The van der Waals surface area contributed by atoms with Crippen LogP contribution in [0.25, 0.3) is 17.3 Å². The summed E-state index contributed by atoms with van der Waals surface area (Å²) in [6.07, 6.45) is 4.63. The van der Waals surface area contributed by atoms with E-state index in [1.807, 2.05) is 0 Å². The van der Waals surface area contributed by atoms with Gasteiger partial charge in [-0.1, -0.05) is 5.16 Å². The number of hydrogen-bond acceptors (Lipinski definition) is 6. The summed E-state index contributed by atoms with van der Waals surface area (Å²) in [7, 11) is 0. The number of anilines is 1. The minimum atomic E-state index is -0.417. The quantitative estimate of drug-likeness (QED) is 0.585. The minimum absolute atomic E-state index is 0.182. The number of halogens is 1. The third kappa shape index (κ3) is 3.37. The second kappa shape index (κ2) is 7.03. The summed E-state index contributed by atoms with van der Waals surface area (Å²) in [6, 6.07) is 7.68. The van der Waals surface area contributed by atoms with E-state index in [0.717, 1.165) is 0 Å². The lowest BCUT2D eigenvalue weighted by Crippen LogP contribution is -2.13. The second-order valence-electron chi connectivity index (χ2n) is 6.10. The van der Waals surface area contributed by atoms with E-state index < -0.39 is 5.91 Å². The minimum Gasteiger partial charge on any atom is -0.334 e. The molecule has 28 heavy (non-hydrogen) atoms. The molecule has 4 aromatic rings. The molecule has 1 aromatic carbocycles. The maximum absolute atomic E-state index is 13.2. The normalized spacial score (nSPS) is 10.8. The van der Waals surface area contributed by atoms with Gasteiger partial charge in [-0.15, -0.1) is 0 Å². The summed E-state index contributed by atoms with van der Waals surface area (Å²) in [4.78, 5) is 25.2. The van der Waals surface area contributed by atoms with Crippen molar-refractivity contribution < 1.29 is 13.7 Å². The van der Waals surface area contributed by atoms with Gasteiger partial charge in [-0.25, -0.2) is 14.4 Å². The maximum atomic E-state index is 13.2. The van der Waals surface area contributed by atoms with E-state index in [0.29, 0.717) is 34.3 Å². The fraction of sp³-hybridized carbons (Fsp3) is 0.105. The third-order valence-corrected chi connectivity index (χ3v) is 4.04. The number of pyridine rings is 1. The molecule has 8 nitrogen and oxygen atoms in total. The molecule has 0 spiro atoms. The monoisotopic (exact) mass is 378 g/mol. The number of rotatable bonds is 4. The molecule has 3 heterocycles. The molecule has 0 radical (unpaired) electrons. The Balaban J connectivity index is 1.62. The van der Waals surface area contributed by atoms with E-state index in [1.165, 1.54) is 24.5 Å². The smallest absolute Gasteiger partial charge is 0.275 e. The second-order valence-corrected chi connectivity index (χ2v) is 6.10. The first-order valence-electron chi connectivity index (χ1n) is 8.39. The zero-order chi connectivity index (χ0) is 19.7. The Morgan fingerprint density at radius 3 is 2.82 bits per heavy atom. The fourth-order valence-corrected chi connectivity index (χ4v) is 2.69. The Kier molecular flexibility index (Phi) is 4.40. The van der Waals surface area contributed by atoms with Gasteiger partial charge in [-0.05, 0) is 49.7 Å². The highest BCUT2D eigenvalue weighted by molar-refractivity contribution is 6.03. The molecule has 0 aliphatic carbocycles. The Morgan fingerprint density at radius 1 is 1.21 bits per heavy atom. The van der Waals surface area contributed by atoms with Gasteiger partial charge in [0.1, 0.15) is 17.8 Å². The van der Waals surface area contributed by atoms with E-state index in [1.54, 1.807) is 42.9 Å². The van der Waals surface area contributed by atoms with Gasteiger partial charge < -0.3 is 9.84 Å². The molecular weight excluding hydrogens is 363 g/mol. The molecule has 140 valence electrons. The molecule has 0 unspecified atom stereocenters. The third-order valence-electron chi connectivity index (χ3n) is 4.04. The largest absolute Gasteiger partial charge is 0.334 e. The summed E-state index contributed by atoms with van der Waals surface area (Å²) in [5, 5.41) is 6.52. The lowest BCUT2D eigenvalue weighted by atomic mass is 10.2. The highest BCUT2D eigenvalue weighted by atomic mass is 19.1. The molecule has 3 aromatic heterocycles. The highest BCUT2D eigenvalue weighted by Crippen LogP contribution is 2.24. The average Bonchev–Trinajstić information content (AvgIpc) is 3.33. The summed E-state index contributed by atoms with van der Waals surface area (Å²) in [5.74, 6) is 0.543. The van der Waals surface area contributed by atoms with Crippen LogP contribution in [0.2, 0.25) is 0 Å². The zero-order valence-electron chi connectivity index (χ0n) is 15.0. The number of hydrogen-bond donors (Lipinski definition) is 1. The van der Waals surface area contributed by atoms with Crippen molar-refractivity contribution in [2.24, 2.45) is 0 Å². The maximum Gasteiger partial charge on any atom is 0.275 e. The van der Waals surface area contributed by atoms with Gasteiger partial charge in [-0.3, -0.25) is 9.36 Å². The van der Waals surface area contributed by atoms with E-state index in [-0.39, 0.29) is 11.5 Å².